The highest BCUT2D eigenvalue weighted by molar-refractivity contribution is 6.36. The van der Waals surface area contributed by atoms with E-state index in [1.165, 1.54) is 12.3 Å². The molecular weight excluding hydrogens is 523 g/mol. The monoisotopic (exact) mass is 549 g/mol. The fourth-order valence-electron chi connectivity index (χ4n) is 4.50. The van der Waals surface area contributed by atoms with Gasteiger partial charge in [-0.2, -0.15) is 5.26 Å². The number of fused-ring (bicyclic) bond motifs is 1. The van der Waals surface area contributed by atoms with E-state index in [2.05, 4.69) is 52.8 Å². The average molecular weight is 550 g/mol. The second-order valence-electron chi connectivity index (χ2n) is 11.1. The Labute approximate surface area is 231 Å². The van der Waals surface area contributed by atoms with Gasteiger partial charge in [-0.25, -0.2) is 9.07 Å². The Morgan fingerprint density at radius 2 is 1.97 bits per heavy atom. The highest BCUT2D eigenvalue weighted by atomic mass is 35.5. The van der Waals surface area contributed by atoms with Crippen LogP contribution in [-0.2, 0) is 5.44 Å². The molecule has 0 spiro atoms. The maximum absolute atomic E-state index is 15.4. The number of rotatable bonds is 7. The van der Waals surface area contributed by atoms with Crippen LogP contribution in [0.3, 0.4) is 0 Å². The minimum Gasteiger partial charge on any atom is -0.383 e. The predicted molar refractivity (Wildman–Crippen MR) is 152 cm³/mol. The third kappa shape index (κ3) is 5.03. The Kier molecular flexibility index (Phi) is 6.74. The van der Waals surface area contributed by atoms with E-state index < -0.39 is 11.3 Å². The normalized spacial score (nSPS) is 15.2. The van der Waals surface area contributed by atoms with Crippen LogP contribution in [0.5, 0.6) is 0 Å². The fourth-order valence-corrected chi connectivity index (χ4v) is 5.12. The predicted octanol–water partition coefficient (Wildman–Crippen LogP) is 5.88. The first kappa shape index (κ1) is 26.3. The summed E-state index contributed by atoms with van der Waals surface area (Å²) < 4.78 is 17.2. The molecule has 2 aromatic heterocycles. The van der Waals surface area contributed by atoms with Crippen LogP contribution in [0.1, 0.15) is 56.5 Å². The van der Waals surface area contributed by atoms with Gasteiger partial charge in [0.1, 0.15) is 25.4 Å². The molecule has 0 saturated heterocycles. The zero-order valence-corrected chi connectivity index (χ0v) is 23.1. The van der Waals surface area contributed by atoms with Crippen molar-refractivity contribution >= 4 is 53.3 Å². The molecule has 1 unspecified atom stereocenters. The van der Waals surface area contributed by atoms with Crippen LogP contribution < -0.4 is 10.6 Å². The van der Waals surface area contributed by atoms with Crippen LogP contribution in [0.15, 0.2) is 42.7 Å². The Balaban J connectivity index is 1.66. The molecule has 194 valence electrons. The molecule has 4 aromatic rings. The minimum atomic E-state index is -1.19. The summed E-state index contributed by atoms with van der Waals surface area (Å²) in [5.74, 6) is -0.471. The number of anilines is 2. The molecule has 0 aliphatic heterocycles. The summed E-state index contributed by atoms with van der Waals surface area (Å²) in [6, 6.07) is 10.7. The van der Waals surface area contributed by atoms with Crippen LogP contribution in [0.2, 0.25) is 10.0 Å². The smallest absolute Gasteiger partial charge is 0.148 e. The first-order valence-corrected chi connectivity index (χ1v) is 13.2. The summed E-state index contributed by atoms with van der Waals surface area (Å²) in [5, 5.41) is 26.7. The molecule has 0 bridgehead atoms. The molecule has 1 aliphatic carbocycles. The van der Waals surface area contributed by atoms with Crippen molar-refractivity contribution in [1.82, 2.24) is 20.0 Å². The van der Waals surface area contributed by atoms with Gasteiger partial charge < -0.3 is 10.6 Å². The lowest BCUT2D eigenvalue weighted by molar-refractivity contribution is 0.443. The Morgan fingerprint density at radius 3 is 2.63 bits per heavy atom. The van der Waals surface area contributed by atoms with Crippen molar-refractivity contribution < 1.29 is 4.39 Å². The van der Waals surface area contributed by atoms with Gasteiger partial charge in [0, 0.05) is 34.4 Å². The lowest BCUT2D eigenvalue weighted by atomic mass is 9.69. The van der Waals surface area contributed by atoms with Crippen molar-refractivity contribution in [2.75, 3.05) is 17.2 Å². The molecule has 2 aromatic carbocycles. The number of nitrogens with one attached hydrogen (secondary N) is 2. The van der Waals surface area contributed by atoms with Crippen molar-refractivity contribution in [3.63, 3.8) is 0 Å². The van der Waals surface area contributed by atoms with Gasteiger partial charge in [0.25, 0.3) is 0 Å². The van der Waals surface area contributed by atoms with E-state index >= 15 is 4.39 Å². The van der Waals surface area contributed by atoms with Gasteiger partial charge in [-0.3, -0.25) is 4.98 Å². The number of aromatic nitrogens is 4. The third-order valence-corrected chi connectivity index (χ3v) is 7.24. The van der Waals surface area contributed by atoms with Crippen LogP contribution in [0.25, 0.3) is 10.9 Å². The molecule has 0 radical (unpaired) electrons. The van der Waals surface area contributed by atoms with Crippen molar-refractivity contribution in [3.05, 3.63) is 75.4 Å². The summed E-state index contributed by atoms with van der Waals surface area (Å²) in [5.41, 5.74) is 1.73. The zero-order valence-electron chi connectivity index (χ0n) is 21.6. The van der Waals surface area contributed by atoms with Gasteiger partial charge in [-0.15, -0.1) is 5.10 Å². The minimum absolute atomic E-state index is 0.0322. The summed E-state index contributed by atoms with van der Waals surface area (Å²) in [7, 11) is 1.82. The van der Waals surface area contributed by atoms with Gasteiger partial charge in [-0.1, -0.05) is 55.3 Å². The van der Waals surface area contributed by atoms with Crippen LogP contribution in [0, 0.1) is 22.6 Å². The third-order valence-electron chi connectivity index (χ3n) is 6.64. The highest BCUT2D eigenvalue weighted by Gasteiger charge is 2.38. The van der Waals surface area contributed by atoms with Gasteiger partial charge in [0.05, 0.1) is 39.5 Å². The van der Waals surface area contributed by atoms with Crippen molar-refractivity contribution in [1.29, 1.82) is 5.26 Å². The number of pyridine rings is 1. The second kappa shape index (κ2) is 9.75. The van der Waals surface area contributed by atoms with Crippen LogP contribution in [-0.4, -0.2) is 34.4 Å². The molecule has 1 atom stereocenters. The SMILES string of the molecule is BC(Nc1cc(Cl)c2ncc(C#N)c(NCC(C)(C)C)c2c1)(c1cn(C2CC2)nn1)c1c(F)cccc1Cl. The molecule has 5 rings (SSSR count). The maximum atomic E-state index is 15.4. The Morgan fingerprint density at radius 1 is 1.21 bits per heavy atom. The molecule has 2 N–H and O–H groups in total. The molecule has 0 amide bonds. The summed E-state index contributed by atoms with van der Waals surface area (Å²) in [6.07, 6.45) is 5.42. The number of nitriles is 1. The topological polar surface area (TPSA) is 91.5 Å². The molecule has 7 nitrogen and oxygen atoms in total. The van der Waals surface area contributed by atoms with E-state index in [4.69, 9.17) is 23.2 Å². The standard InChI is InChI=1S/C27H27BCl2FN7/c1-26(2,3)14-34-24-15(11-32)12-33-25-18(24)9-16(10-20(25)30)35-27(28,23-19(29)5-4-6-21(23)31)22-13-38(37-36-22)17-7-8-17/h4-6,9-10,12-13,17,35H,7-8,14,28H2,1-3H3,(H,33,34). The lowest BCUT2D eigenvalue weighted by Crippen LogP contribution is -2.39. The Hall–Kier alpha value is -3.35. The molecular formula is C27H27BCl2FN7. The summed E-state index contributed by atoms with van der Waals surface area (Å²) in [6.45, 7) is 6.94. The molecule has 1 aliphatic rings. The lowest BCUT2D eigenvalue weighted by Gasteiger charge is -2.32. The van der Waals surface area contributed by atoms with Crippen molar-refractivity contribution in [3.8, 4) is 6.07 Å². The molecule has 38 heavy (non-hydrogen) atoms. The van der Waals surface area contributed by atoms with Gasteiger partial charge in [0.2, 0.25) is 0 Å². The van der Waals surface area contributed by atoms with E-state index in [-0.39, 0.29) is 16.0 Å². The average Bonchev–Trinajstić information content (AvgIpc) is 3.57. The molecule has 11 heteroatoms. The highest BCUT2D eigenvalue weighted by Crippen LogP contribution is 2.40. The maximum Gasteiger partial charge on any atom is 0.148 e. The Bertz CT molecular complexity index is 1550. The zero-order chi connectivity index (χ0) is 27.2. The molecule has 2 heterocycles. The van der Waals surface area contributed by atoms with Crippen LogP contribution in [0.4, 0.5) is 15.8 Å². The van der Waals surface area contributed by atoms with Gasteiger partial charge >= 0.3 is 0 Å². The fraction of sp³-hybridized carbons (Fsp3) is 0.333. The van der Waals surface area contributed by atoms with Gasteiger partial charge in [0.15, 0.2) is 0 Å². The van der Waals surface area contributed by atoms with E-state index in [1.807, 2.05) is 24.8 Å². The number of halogens is 3. The largest absolute Gasteiger partial charge is 0.383 e. The number of benzene rings is 2. The number of nitrogens with zero attached hydrogens (tertiary/aromatic N) is 5. The number of hydrogen-bond donors (Lipinski definition) is 2. The molecule has 1 saturated carbocycles. The quantitative estimate of drug-likeness (QED) is 0.279. The van der Waals surface area contributed by atoms with E-state index in [0.717, 1.165) is 12.8 Å². The van der Waals surface area contributed by atoms with Crippen LogP contribution >= 0.6 is 23.2 Å². The van der Waals surface area contributed by atoms with Crippen molar-refractivity contribution in [2.45, 2.75) is 45.1 Å². The molecule has 1 fully saturated rings. The number of hydrogen-bond acceptors (Lipinski definition) is 6. The van der Waals surface area contributed by atoms with E-state index in [1.54, 1.807) is 18.2 Å². The van der Waals surface area contributed by atoms with Crippen molar-refractivity contribution in [2.24, 2.45) is 5.41 Å². The first-order valence-electron chi connectivity index (χ1n) is 12.4. The van der Waals surface area contributed by atoms with E-state index in [0.29, 0.717) is 51.1 Å². The van der Waals surface area contributed by atoms with Gasteiger partial charge in [-0.05, 0) is 42.5 Å². The first-order chi connectivity index (χ1) is 18.0. The van der Waals surface area contributed by atoms with E-state index in [9.17, 15) is 5.26 Å². The summed E-state index contributed by atoms with van der Waals surface area (Å²) >= 11 is 13.3. The second-order valence-corrected chi connectivity index (χ2v) is 11.9. The summed E-state index contributed by atoms with van der Waals surface area (Å²) in [4.78, 5) is 4.44.